The molecule has 2 amide bonds. The molecule has 0 aliphatic rings. The van der Waals surface area contributed by atoms with Crippen LogP contribution < -0.4 is 9.62 Å². The molecule has 0 spiro atoms. The Morgan fingerprint density at radius 1 is 0.900 bits per heavy atom. The molecule has 9 heteroatoms. The van der Waals surface area contributed by atoms with Gasteiger partial charge in [0.05, 0.1) is 10.6 Å². The zero-order chi connectivity index (χ0) is 29.4. The minimum atomic E-state index is -4.14. The number of nitrogens with zero attached hydrogens (tertiary/aromatic N) is 2. The molecule has 3 rings (SSSR count). The van der Waals surface area contributed by atoms with E-state index in [-0.39, 0.29) is 17.3 Å². The Kier molecular flexibility index (Phi) is 10.5. The van der Waals surface area contributed by atoms with Gasteiger partial charge >= 0.3 is 0 Å². The van der Waals surface area contributed by atoms with Crippen LogP contribution >= 0.6 is 0 Å². The fourth-order valence-corrected chi connectivity index (χ4v) is 5.99. The monoisotopic (exact) mass is 567 g/mol. The fourth-order valence-electron chi connectivity index (χ4n) is 4.51. The average molecular weight is 568 g/mol. The quantitative estimate of drug-likeness (QED) is 0.323. The van der Waals surface area contributed by atoms with Crippen LogP contribution in [-0.4, -0.2) is 44.3 Å². The number of rotatable bonds is 12. The molecule has 0 saturated carbocycles. The molecule has 1 N–H and O–H groups in total. The molecule has 0 aromatic heterocycles. The van der Waals surface area contributed by atoms with Gasteiger partial charge in [-0.25, -0.2) is 12.8 Å². The highest BCUT2D eigenvalue weighted by atomic mass is 32.2. The predicted molar refractivity (Wildman–Crippen MR) is 156 cm³/mol. The highest BCUT2D eigenvalue weighted by molar-refractivity contribution is 7.92. The van der Waals surface area contributed by atoms with Crippen molar-refractivity contribution in [2.45, 2.75) is 64.9 Å². The van der Waals surface area contributed by atoms with E-state index in [1.54, 1.807) is 50.2 Å². The van der Waals surface area contributed by atoms with Crippen molar-refractivity contribution in [1.82, 2.24) is 10.2 Å². The minimum absolute atomic E-state index is 0.0163. The summed E-state index contributed by atoms with van der Waals surface area (Å²) in [4.78, 5) is 28.6. The van der Waals surface area contributed by atoms with Gasteiger partial charge in [-0.05, 0) is 75.1 Å². The smallest absolute Gasteiger partial charge is 0.264 e. The number of hydrogen-bond acceptors (Lipinski definition) is 4. The molecule has 1 atom stereocenters. The summed E-state index contributed by atoms with van der Waals surface area (Å²) in [5.74, 6) is -1.28. The van der Waals surface area contributed by atoms with Gasteiger partial charge in [-0.2, -0.15) is 0 Å². The SMILES string of the molecule is CCCNC(=O)[C@H](CC)N(Cc1ccc(F)cc1)C(=O)CN(c1ccc(C)cc1C)S(=O)(=O)c1ccc(C)cc1. The number of anilines is 1. The van der Waals surface area contributed by atoms with Crippen molar-refractivity contribution in [3.8, 4) is 0 Å². The summed E-state index contributed by atoms with van der Waals surface area (Å²) in [5.41, 5.74) is 3.56. The molecule has 0 aliphatic heterocycles. The first-order valence-corrected chi connectivity index (χ1v) is 14.9. The van der Waals surface area contributed by atoms with Crippen LogP contribution in [0.2, 0.25) is 0 Å². The van der Waals surface area contributed by atoms with Crippen LogP contribution in [0.1, 0.15) is 48.9 Å². The first-order chi connectivity index (χ1) is 19.0. The van der Waals surface area contributed by atoms with E-state index in [0.717, 1.165) is 21.9 Å². The van der Waals surface area contributed by atoms with Crippen molar-refractivity contribution >= 4 is 27.5 Å². The van der Waals surface area contributed by atoms with Crippen LogP contribution in [0, 0.1) is 26.6 Å². The molecular formula is C31H38FN3O4S. The second-order valence-corrected chi connectivity index (χ2v) is 11.8. The van der Waals surface area contributed by atoms with E-state index < -0.39 is 34.3 Å². The number of benzene rings is 3. The summed E-state index contributed by atoms with van der Waals surface area (Å²) >= 11 is 0. The lowest BCUT2D eigenvalue weighted by molar-refractivity contribution is -0.140. The van der Waals surface area contributed by atoms with Gasteiger partial charge in [-0.1, -0.05) is 61.4 Å². The topological polar surface area (TPSA) is 86.8 Å². The van der Waals surface area contributed by atoms with Crippen molar-refractivity contribution in [3.05, 3.63) is 94.8 Å². The van der Waals surface area contributed by atoms with Crippen molar-refractivity contribution in [3.63, 3.8) is 0 Å². The summed E-state index contributed by atoms with van der Waals surface area (Å²) in [5, 5.41) is 2.85. The Bertz CT molecular complexity index is 1420. The molecule has 0 radical (unpaired) electrons. The van der Waals surface area contributed by atoms with Crippen molar-refractivity contribution in [2.24, 2.45) is 0 Å². The molecular weight excluding hydrogens is 529 g/mol. The third-order valence-electron chi connectivity index (χ3n) is 6.71. The molecule has 0 saturated heterocycles. The highest BCUT2D eigenvalue weighted by Gasteiger charge is 2.34. The minimum Gasteiger partial charge on any atom is -0.354 e. The first kappa shape index (κ1) is 30.8. The summed E-state index contributed by atoms with van der Waals surface area (Å²) in [6, 6.07) is 16.7. The van der Waals surface area contributed by atoms with Crippen molar-refractivity contribution < 1.29 is 22.4 Å². The predicted octanol–water partition coefficient (Wildman–Crippen LogP) is 5.28. The molecule has 3 aromatic carbocycles. The molecule has 3 aromatic rings. The molecule has 7 nitrogen and oxygen atoms in total. The Morgan fingerprint density at radius 3 is 2.10 bits per heavy atom. The Hall–Kier alpha value is -3.72. The second kappa shape index (κ2) is 13.6. The summed E-state index contributed by atoms with van der Waals surface area (Å²) < 4.78 is 42.7. The summed E-state index contributed by atoms with van der Waals surface area (Å²) in [6.07, 6.45) is 1.04. The molecule has 0 heterocycles. The third kappa shape index (κ3) is 7.47. The molecule has 0 aliphatic carbocycles. The zero-order valence-electron chi connectivity index (χ0n) is 23.8. The normalized spacial score (nSPS) is 12.1. The maximum Gasteiger partial charge on any atom is 0.264 e. The number of carbonyl (C=O) groups excluding carboxylic acids is 2. The first-order valence-electron chi connectivity index (χ1n) is 13.5. The van der Waals surface area contributed by atoms with Crippen LogP contribution in [0.3, 0.4) is 0 Å². The van der Waals surface area contributed by atoms with Gasteiger partial charge in [0, 0.05) is 13.1 Å². The average Bonchev–Trinajstić information content (AvgIpc) is 2.92. The number of amides is 2. The second-order valence-electron chi connectivity index (χ2n) is 9.98. The van der Waals surface area contributed by atoms with Gasteiger partial charge in [0.25, 0.3) is 10.0 Å². The molecule has 0 fully saturated rings. The van der Waals surface area contributed by atoms with E-state index in [2.05, 4.69) is 5.32 Å². The lowest BCUT2D eigenvalue weighted by Crippen LogP contribution is -2.52. The summed E-state index contributed by atoms with van der Waals surface area (Å²) in [6.45, 7) is 9.25. The number of hydrogen-bond donors (Lipinski definition) is 1. The number of nitrogens with one attached hydrogen (secondary N) is 1. The Labute approximate surface area is 237 Å². The van der Waals surface area contributed by atoms with Crippen LogP contribution in [-0.2, 0) is 26.2 Å². The maximum absolute atomic E-state index is 14.1. The molecule has 0 bridgehead atoms. The Balaban J connectivity index is 2.08. The van der Waals surface area contributed by atoms with Gasteiger partial charge in [0.15, 0.2) is 0 Å². The summed E-state index contributed by atoms with van der Waals surface area (Å²) in [7, 11) is -4.14. The van der Waals surface area contributed by atoms with Gasteiger partial charge < -0.3 is 10.2 Å². The standard InChI is InChI=1S/C31H38FN3O4S/c1-6-18-33-31(37)28(7-2)34(20-25-11-13-26(32)14-12-25)30(36)21-35(29-17-10-23(4)19-24(29)5)40(38,39)27-15-8-22(3)9-16-27/h8-17,19,28H,6-7,18,20-21H2,1-5H3,(H,33,37)/t28-/m0/s1. The molecule has 214 valence electrons. The fraction of sp³-hybridized carbons (Fsp3) is 0.355. The molecule has 40 heavy (non-hydrogen) atoms. The van der Waals surface area contributed by atoms with E-state index in [0.29, 0.717) is 29.8 Å². The lowest BCUT2D eigenvalue weighted by atomic mass is 10.1. The zero-order valence-corrected chi connectivity index (χ0v) is 24.6. The van der Waals surface area contributed by atoms with Crippen LogP contribution in [0.4, 0.5) is 10.1 Å². The van der Waals surface area contributed by atoms with Gasteiger partial charge in [-0.3, -0.25) is 13.9 Å². The van der Waals surface area contributed by atoms with Crippen molar-refractivity contribution in [2.75, 3.05) is 17.4 Å². The maximum atomic E-state index is 14.1. The van der Waals surface area contributed by atoms with Crippen LogP contribution in [0.15, 0.2) is 71.6 Å². The lowest BCUT2D eigenvalue weighted by Gasteiger charge is -2.33. The number of halogens is 1. The third-order valence-corrected chi connectivity index (χ3v) is 8.48. The van der Waals surface area contributed by atoms with E-state index >= 15 is 0 Å². The largest absolute Gasteiger partial charge is 0.354 e. The van der Waals surface area contributed by atoms with Crippen molar-refractivity contribution in [1.29, 1.82) is 0 Å². The van der Waals surface area contributed by atoms with Crippen LogP contribution in [0.5, 0.6) is 0 Å². The molecule has 0 unspecified atom stereocenters. The van der Waals surface area contributed by atoms with E-state index in [1.165, 1.54) is 29.2 Å². The van der Waals surface area contributed by atoms with E-state index in [9.17, 15) is 22.4 Å². The highest BCUT2D eigenvalue weighted by Crippen LogP contribution is 2.28. The van der Waals surface area contributed by atoms with Crippen LogP contribution in [0.25, 0.3) is 0 Å². The van der Waals surface area contributed by atoms with E-state index in [4.69, 9.17) is 0 Å². The van der Waals surface area contributed by atoms with Gasteiger partial charge in [0.2, 0.25) is 11.8 Å². The van der Waals surface area contributed by atoms with Gasteiger partial charge in [-0.15, -0.1) is 0 Å². The number of sulfonamides is 1. The number of carbonyl (C=O) groups is 2. The van der Waals surface area contributed by atoms with E-state index in [1.807, 2.05) is 26.8 Å². The van der Waals surface area contributed by atoms with Gasteiger partial charge in [0.1, 0.15) is 18.4 Å². The number of aryl methyl sites for hydroxylation is 3. The Morgan fingerprint density at radius 2 is 1.52 bits per heavy atom.